The molecule has 3 N–H and O–H groups in total. The average molecular weight is 236 g/mol. The minimum Gasteiger partial charge on any atom is -0.450 e. The number of alkyl carbamates (subject to hydrolysis) is 1. The Balaban J connectivity index is 2.79. The Morgan fingerprint density at radius 2 is 2.12 bits per heavy atom. The van der Waals surface area contributed by atoms with Gasteiger partial charge in [0.25, 0.3) is 0 Å². The Kier molecular flexibility index (Phi) is 4.97. The van der Waals surface area contributed by atoms with Gasteiger partial charge in [0, 0.05) is 6.54 Å². The number of nitrogens with one attached hydrogen (secondary N) is 1. The fourth-order valence-corrected chi connectivity index (χ4v) is 1.57. The first-order valence-electron chi connectivity index (χ1n) is 5.79. The van der Waals surface area contributed by atoms with Crippen LogP contribution in [0.15, 0.2) is 18.2 Å². The van der Waals surface area contributed by atoms with Crippen molar-refractivity contribution in [3.63, 3.8) is 0 Å². The molecule has 0 spiro atoms. The highest BCUT2D eigenvalue weighted by Crippen LogP contribution is 2.16. The van der Waals surface area contributed by atoms with Crippen LogP contribution in [-0.2, 0) is 4.74 Å². The van der Waals surface area contributed by atoms with E-state index in [-0.39, 0.29) is 6.04 Å². The van der Waals surface area contributed by atoms with Gasteiger partial charge in [-0.1, -0.05) is 18.2 Å². The minimum absolute atomic E-state index is 0.201. The maximum atomic E-state index is 11.3. The van der Waals surface area contributed by atoms with Gasteiger partial charge in [0.05, 0.1) is 12.6 Å². The summed E-state index contributed by atoms with van der Waals surface area (Å²) in [6.45, 7) is 6.57. The van der Waals surface area contributed by atoms with Crippen molar-refractivity contribution in [3.05, 3.63) is 34.9 Å². The lowest BCUT2D eigenvalue weighted by Gasteiger charge is -2.17. The number of hydrogen-bond donors (Lipinski definition) is 2. The Hall–Kier alpha value is -1.55. The number of ether oxygens (including phenoxy) is 1. The van der Waals surface area contributed by atoms with E-state index in [2.05, 4.69) is 12.2 Å². The van der Waals surface area contributed by atoms with Crippen molar-refractivity contribution in [1.82, 2.24) is 5.32 Å². The first-order chi connectivity index (χ1) is 8.08. The first kappa shape index (κ1) is 13.5. The number of nitrogens with two attached hydrogens (primary N) is 1. The molecule has 0 aliphatic carbocycles. The summed E-state index contributed by atoms with van der Waals surface area (Å²) in [4.78, 5) is 11.3. The monoisotopic (exact) mass is 236 g/mol. The van der Waals surface area contributed by atoms with E-state index >= 15 is 0 Å². The Morgan fingerprint density at radius 3 is 2.65 bits per heavy atom. The van der Waals surface area contributed by atoms with Crippen molar-refractivity contribution in [2.45, 2.75) is 26.8 Å². The summed E-state index contributed by atoms with van der Waals surface area (Å²) < 4.78 is 4.84. The number of carbonyl (C=O) groups is 1. The maximum absolute atomic E-state index is 11.3. The summed E-state index contributed by atoms with van der Waals surface area (Å²) in [6, 6.07) is 5.85. The van der Waals surface area contributed by atoms with Crippen molar-refractivity contribution < 1.29 is 9.53 Å². The molecule has 1 unspecified atom stereocenters. The fourth-order valence-electron chi connectivity index (χ4n) is 1.57. The van der Waals surface area contributed by atoms with E-state index in [4.69, 9.17) is 10.5 Å². The second-order valence-corrected chi connectivity index (χ2v) is 4.00. The third kappa shape index (κ3) is 3.75. The summed E-state index contributed by atoms with van der Waals surface area (Å²) in [5.74, 6) is 0. The van der Waals surface area contributed by atoms with Crippen molar-refractivity contribution in [2.75, 3.05) is 13.2 Å². The van der Waals surface area contributed by atoms with Gasteiger partial charge in [-0.15, -0.1) is 0 Å². The second kappa shape index (κ2) is 6.25. The number of amides is 1. The van der Waals surface area contributed by atoms with E-state index in [1.165, 1.54) is 11.1 Å². The molecule has 94 valence electrons. The van der Waals surface area contributed by atoms with E-state index in [0.29, 0.717) is 13.2 Å². The van der Waals surface area contributed by atoms with Crippen LogP contribution < -0.4 is 11.1 Å². The van der Waals surface area contributed by atoms with Crippen LogP contribution in [0.25, 0.3) is 0 Å². The molecule has 4 heteroatoms. The third-order valence-corrected chi connectivity index (χ3v) is 2.74. The summed E-state index contributed by atoms with van der Waals surface area (Å²) in [6.07, 6.45) is -0.429. The van der Waals surface area contributed by atoms with Gasteiger partial charge in [-0.3, -0.25) is 0 Å². The molecule has 1 atom stereocenters. The van der Waals surface area contributed by atoms with Crippen molar-refractivity contribution >= 4 is 6.09 Å². The molecule has 0 aliphatic rings. The summed E-state index contributed by atoms with van der Waals surface area (Å²) in [5.41, 5.74) is 9.08. The normalized spacial score (nSPS) is 12.0. The van der Waals surface area contributed by atoms with Crippen LogP contribution in [-0.4, -0.2) is 19.2 Å². The standard InChI is InChI=1S/C13H20N2O2/c1-4-17-13(16)15-12(8-14)11-6-5-9(2)10(3)7-11/h5-7,12H,4,8,14H2,1-3H3,(H,15,16). The van der Waals surface area contributed by atoms with Crippen molar-refractivity contribution in [3.8, 4) is 0 Å². The molecular weight excluding hydrogens is 216 g/mol. The van der Waals surface area contributed by atoms with E-state index in [9.17, 15) is 4.79 Å². The van der Waals surface area contributed by atoms with Gasteiger partial charge in [-0.2, -0.15) is 0 Å². The molecule has 0 fully saturated rings. The smallest absolute Gasteiger partial charge is 0.407 e. The number of aryl methyl sites for hydroxylation is 2. The van der Waals surface area contributed by atoms with Gasteiger partial charge in [-0.05, 0) is 37.5 Å². The quantitative estimate of drug-likeness (QED) is 0.841. The first-order valence-corrected chi connectivity index (χ1v) is 5.79. The number of benzene rings is 1. The van der Waals surface area contributed by atoms with Crippen LogP contribution in [0, 0.1) is 13.8 Å². The van der Waals surface area contributed by atoms with Crippen molar-refractivity contribution in [2.24, 2.45) is 5.73 Å². The van der Waals surface area contributed by atoms with Crippen molar-refractivity contribution in [1.29, 1.82) is 0 Å². The van der Waals surface area contributed by atoms with E-state index in [1.807, 2.05) is 25.1 Å². The lowest BCUT2D eigenvalue weighted by molar-refractivity contribution is 0.148. The molecule has 0 heterocycles. The van der Waals surface area contributed by atoms with Gasteiger partial charge in [0.1, 0.15) is 0 Å². The number of carbonyl (C=O) groups excluding carboxylic acids is 1. The number of hydrogen-bond acceptors (Lipinski definition) is 3. The van der Waals surface area contributed by atoms with Crippen LogP contribution in [0.2, 0.25) is 0 Å². The Morgan fingerprint density at radius 1 is 1.41 bits per heavy atom. The van der Waals surface area contributed by atoms with E-state index < -0.39 is 6.09 Å². The van der Waals surface area contributed by atoms with Gasteiger partial charge < -0.3 is 15.8 Å². The summed E-state index contributed by atoms with van der Waals surface area (Å²) in [7, 11) is 0. The molecule has 17 heavy (non-hydrogen) atoms. The van der Waals surface area contributed by atoms with E-state index in [1.54, 1.807) is 6.92 Å². The van der Waals surface area contributed by atoms with Gasteiger partial charge in [0.15, 0.2) is 0 Å². The minimum atomic E-state index is -0.429. The van der Waals surface area contributed by atoms with Crippen LogP contribution in [0.5, 0.6) is 0 Å². The molecule has 0 bridgehead atoms. The second-order valence-electron chi connectivity index (χ2n) is 4.00. The molecule has 0 aromatic heterocycles. The topological polar surface area (TPSA) is 64.3 Å². The zero-order valence-corrected chi connectivity index (χ0v) is 10.6. The van der Waals surface area contributed by atoms with Crippen LogP contribution >= 0.6 is 0 Å². The molecule has 1 aromatic carbocycles. The highest BCUT2D eigenvalue weighted by Gasteiger charge is 2.13. The van der Waals surface area contributed by atoms with Gasteiger partial charge in [-0.25, -0.2) is 4.79 Å². The lowest BCUT2D eigenvalue weighted by atomic mass is 10.0. The number of rotatable bonds is 4. The molecule has 1 aromatic rings. The van der Waals surface area contributed by atoms with E-state index in [0.717, 1.165) is 5.56 Å². The lowest BCUT2D eigenvalue weighted by Crippen LogP contribution is -2.33. The van der Waals surface area contributed by atoms with Gasteiger partial charge >= 0.3 is 6.09 Å². The van der Waals surface area contributed by atoms with Gasteiger partial charge in [0.2, 0.25) is 0 Å². The highest BCUT2D eigenvalue weighted by molar-refractivity contribution is 5.67. The molecule has 0 radical (unpaired) electrons. The predicted octanol–water partition coefficient (Wildman–Crippen LogP) is 2.05. The van der Waals surface area contributed by atoms with Crippen LogP contribution in [0.1, 0.15) is 29.7 Å². The molecule has 0 saturated carbocycles. The molecule has 0 aliphatic heterocycles. The summed E-state index contributed by atoms with van der Waals surface area (Å²) >= 11 is 0. The average Bonchev–Trinajstić information content (AvgIpc) is 2.30. The summed E-state index contributed by atoms with van der Waals surface area (Å²) in [5, 5.41) is 2.74. The zero-order valence-electron chi connectivity index (χ0n) is 10.6. The third-order valence-electron chi connectivity index (χ3n) is 2.74. The Labute approximate surface area is 102 Å². The molecule has 4 nitrogen and oxygen atoms in total. The Bertz CT molecular complexity index is 391. The molecule has 0 saturated heterocycles. The molecule has 1 rings (SSSR count). The maximum Gasteiger partial charge on any atom is 0.407 e. The predicted molar refractivity (Wildman–Crippen MR) is 67.9 cm³/mol. The fraction of sp³-hybridized carbons (Fsp3) is 0.462. The SMILES string of the molecule is CCOC(=O)NC(CN)c1ccc(C)c(C)c1. The molecule has 1 amide bonds. The van der Waals surface area contributed by atoms with Crippen LogP contribution in [0.4, 0.5) is 4.79 Å². The zero-order chi connectivity index (χ0) is 12.8. The van der Waals surface area contributed by atoms with Crippen LogP contribution in [0.3, 0.4) is 0 Å². The molecular formula is C13H20N2O2. The largest absolute Gasteiger partial charge is 0.450 e. The highest BCUT2D eigenvalue weighted by atomic mass is 16.5.